The van der Waals surface area contributed by atoms with E-state index in [9.17, 15) is 19.2 Å². The first-order chi connectivity index (χ1) is 18.5. The van der Waals surface area contributed by atoms with Crippen LogP contribution >= 0.6 is 0 Å². The van der Waals surface area contributed by atoms with Crippen LogP contribution in [0.25, 0.3) is 0 Å². The fraction of sp³-hybridized carbons (Fsp3) is 0.300. The Hall–Kier alpha value is -4.38. The monoisotopic (exact) mass is 516 g/mol. The lowest BCUT2D eigenvalue weighted by atomic mass is 9.79. The van der Waals surface area contributed by atoms with Gasteiger partial charge in [0.05, 0.1) is 25.6 Å². The number of rotatable bonds is 8. The third-order valence-electron chi connectivity index (χ3n) is 6.80. The van der Waals surface area contributed by atoms with E-state index >= 15 is 0 Å². The Morgan fingerprint density at radius 2 is 1.74 bits per heavy atom. The molecule has 1 aliphatic rings. The molecule has 8 heteroatoms. The highest BCUT2D eigenvalue weighted by molar-refractivity contribution is 5.86. The first-order valence-electron chi connectivity index (χ1n) is 12.4. The van der Waals surface area contributed by atoms with E-state index in [0.717, 1.165) is 11.1 Å². The van der Waals surface area contributed by atoms with Gasteiger partial charge in [0.1, 0.15) is 24.8 Å². The van der Waals surface area contributed by atoms with Crippen molar-refractivity contribution in [2.45, 2.75) is 50.5 Å². The molecule has 1 fully saturated rings. The molecule has 3 aromatic carbocycles. The van der Waals surface area contributed by atoms with Gasteiger partial charge in [0.2, 0.25) is 0 Å². The Bertz CT molecular complexity index is 1290. The van der Waals surface area contributed by atoms with Crippen molar-refractivity contribution in [3.05, 3.63) is 101 Å². The first-order valence-corrected chi connectivity index (χ1v) is 12.4. The van der Waals surface area contributed by atoms with Crippen molar-refractivity contribution in [3.63, 3.8) is 0 Å². The second-order valence-electron chi connectivity index (χ2n) is 9.13. The Morgan fingerprint density at radius 1 is 1.03 bits per heavy atom. The third kappa shape index (κ3) is 5.78. The normalized spacial score (nSPS) is 18.8. The second-order valence-corrected chi connectivity index (χ2v) is 9.13. The van der Waals surface area contributed by atoms with E-state index in [2.05, 4.69) is 6.07 Å². The summed E-state index contributed by atoms with van der Waals surface area (Å²) >= 11 is 0. The van der Waals surface area contributed by atoms with E-state index in [0.29, 0.717) is 24.2 Å². The van der Waals surface area contributed by atoms with Crippen molar-refractivity contribution >= 4 is 12.1 Å². The summed E-state index contributed by atoms with van der Waals surface area (Å²) in [5, 5.41) is 9.62. The van der Waals surface area contributed by atoms with E-state index < -0.39 is 23.6 Å². The van der Waals surface area contributed by atoms with Crippen molar-refractivity contribution in [2.75, 3.05) is 7.11 Å². The van der Waals surface area contributed by atoms with Crippen LogP contribution in [0, 0.1) is 17.1 Å². The van der Waals surface area contributed by atoms with Gasteiger partial charge in [-0.25, -0.2) is 14.0 Å². The van der Waals surface area contributed by atoms with Crippen LogP contribution < -0.4 is 4.74 Å². The molecule has 0 radical (unpaired) electrons. The van der Waals surface area contributed by atoms with Crippen molar-refractivity contribution in [2.24, 2.45) is 0 Å². The SMILES string of the molecule is COC(=O)[C@@]1(CC#N)CCC[C@@H](c2ccc(OCc3ccccc3F)cc2)N1C(=O)OCc1ccccc1. The molecule has 1 saturated heterocycles. The molecular weight excluding hydrogens is 487 g/mol. The number of esters is 1. The van der Waals surface area contributed by atoms with Crippen LogP contribution in [0.4, 0.5) is 9.18 Å². The zero-order chi connectivity index (χ0) is 27.0. The van der Waals surface area contributed by atoms with E-state index in [-0.39, 0.29) is 31.9 Å². The highest BCUT2D eigenvalue weighted by atomic mass is 19.1. The molecule has 1 heterocycles. The van der Waals surface area contributed by atoms with Crippen LogP contribution in [0.5, 0.6) is 5.75 Å². The number of ether oxygens (including phenoxy) is 3. The summed E-state index contributed by atoms with van der Waals surface area (Å²) in [6.07, 6.45) is 0.545. The molecule has 0 N–H and O–H groups in total. The maximum Gasteiger partial charge on any atom is 0.411 e. The number of benzene rings is 3. The van der Waals surface area contributed by atoms with Gasteiger partial charge in [-0.05, 0) is 48.6 Å². The zero-order valence-electron chi connectivity index (χ0n) is 21.1. The predicted octanol–water partition coefficient (Wildman–Crippen LogP) is 6.09. The molecule has 3 aromatic rings. The second kappa shape index (κ2) is 12.2. The molecule has 0 saturated carbocycles. The van der Waals surface area contributed by atoms with Gasteiger partial charge < -0.3 is 14.2 Å². The lowest BCUT2D eigenvalue weighted by molar-refractivity contribution is -0.159. The minimum absolute atomic E-state index is 0.0233. The predicted molar refractivity (Wildman–Crippen MR) is 137 cm³/mol. The third-order valence-corrected chi connectivity index (χ3v) is 6.80. The molecule has 1 amide bonds. The summed E-state index contributed by atoms with van der Waals surface area (Å²) in [5.41, 5.74) is 0.524. The molecule has 0 aromatic heterocycles. The average Bonchev–Trinajstić information content (AvgIpc) is 2.96. The van der Waals surface area contributed by atoms with E-state index in [4.69, 9.17) is 14.2 Å². The summed E-state index contributed by atoms with van der Waals surface area (Å²) in [5.74, 6) is -0.458. The number of carbonyl (C=O) groups is 2. The first kappa shape index (κ1) is 26.7. The topological polar surface area (TPSA) is 88.9 Å². The summed E-state index contributed by atoms with van der Waals surface area (Å²) < 4.78 is 30.4. The quantitative estimate of drug-likeness (QED) is 0.337. The standard InChI is InChI=1S/C30H29FN2O5/c1-36-28(34)30(18-19-32)17-7-12-27(33(30)29(35)38-20-22-8-3-2-4-9-22)23-13-15-25(16-14-23)37-21-24-10-5-6-11-26(24)31/h2-6,8-11,13-16,27H,7,12,17-18,20-21H2,1H3/t27-,30-/m0/s1. The molecule has 0 aliphatic carbocycles. The number of halogens is 1. The van der Waals surface area contributed by atoms with Gasteiger partial charge in [-0.2, -0.15) is 5.26 Å². The Morgan fingerprint density at radius 3 is 2.42 bits per heavy atom. The summed E-state index contributed by atoms with van der Waals surface area (Å²) in [7, 11) is 1.25. The Balaban J connectivity index is 1.59. The zero-order valence-corrected chi connectivity index (χ0v) is 21.1. The molecular formula is C30H29FN2O5. The van der Waals surface area contributed by atoms with Crippen molar-refractivity contribution in [3.8, 4) is 11.8 Å². The minimum atomic E-state index is -1.47. The van der Waals surface area contributed by atoms with E-state index in [1.165, 1.54) is 18.1 Å². The van der Waals surface area contributed by atoms with Crippen LogP contribution in [-0.4, -0.2) is 29.6 Å². The molecule has 1 aliphatic heterocycles. The van der Waals surface area contributed by atoms with Gasteiger partial charge >= 0.3 is 12.1 Å². The highest BCUT2D eigenvalue weighted by Gasteiger charge is 2.53. The van der Waals surface area contributed by atoms with Gasteiger partial charge in [0.15, 0.2) is 5.54 Å². The van der Waals surface area contributed by atoms with E-state index in [1.807, 2.05) is 30.3 Å². The van der Waals surface area contributed by atoms with Gasteiger partial charge in [-0.15, -0.1) is 0 Å². The maximum absolute atomic E-state index is 13.9. The summed E-state index contributed by atoms with van der Waals surface area (Å²) in [6.45, 7) is 0.0938. The van der Waals surface area contributed by atoms with Crippen LogP contribution in [0.15, 0.2) is 78.9 Å². The number of methoxy groups -OCH3 is 1. The number of piperidine rings is 1. The van der Waals surface area contributed by atoms with Crippen molar-refractivity contribution < 1.29 is 28.2 Å². The Kier molecular flexibility index (Phi) is 8.59. The molecule has 0 spiro atoms. The summed E-state index contributed by atoms with van der Waals surface area (Å²) in [4.78, 5) is 28.0. The molecule has 38 heavy (non-hydrogen) atoms. The fourth-order valence-corrected chi connectivity index (χ4v) is 4.87. The van der Waals surface area contributed by atoms with Crippen LogP contribution in [0.3, 0.4) is 0 Å². The number of nitriles is 1. The molecule has 196 valence electrons. The number of hydrogen-bond acceptors (Lipinski definition) is 6. The van der Waals surface area contributed by atoms with E-state index in [1.54, 1.807) is 42.5 Å². The number of nitrogens with zero attached hydrogens (tertiary/aromatic N) is 2. The van der Waals surface area contributed by atoms with Crippen LogP contribution in [-0.2, 0) is 27.5 Å². The number of likely N-dealkylation sites (tertiary alicyclic amines) is 1. The lowest BCUT2D eigenvalue weighted by Crippen LogP contribution is -2.60. The molecule has 7 nitrogen and oxygen atoms in total. The Labute approximate surface area is 221 Å². The van der Waals surface area contributed by atoms with Crippen molar-refractivity contribution in [1.29, 1.82) is 5.26 Å². The highest BCUT2D eigenvalue weighted by Crippen LogP contribution is 2.43. The van der Waals surface area contributed by atoms with Crippen LogP contribution in [0.1, 0.15) is 48.4 Å². The fourth-order valence-electron chi connectivity index (χ4n) is 4.87. The van der Waals surface area contributed by atoms with Gasteiger partial charge in [0.25, 0.3) is 0 Å². The molecule has 4 rings (SSSR count). The average molecular weight is 517 g/mol. The molecule has 0 bridgehead atoms. The lowest BCUT2D eigenvalue weighted by Gasteiger charge is -2.47. The maximum atomic E-state index is 13.9. The van der Waals surface area contributed by atoms with Crippen molar-refractivity contribution in [1.82, 2.24) is 4.90 Å². The van der Waals surface area contributed by atoms with Gasteiger partial charge in [-0.3, -0.25) is 4.90 Å². The number of carbonyl (C=O) groups excluding carboxylic acids is 2. The van der Waals surface area contributed by atoms with Gasteiger partial charge in [-0.1, -0.05) is 60.7 Å². The van der Waals surface area contributed by atoms with Crippen LogP contribution in [0.2, 0.25) is 0 Å². The summed E-state index contributed by atoms with van der Waals surface area (Å²) in [6, 6.07) is 24.3. The minimum Gasteiger partial charge on any atom is -0.489 e. The smallest absolute Gasteiger partial charge is 0.411 e. The largest absolute Gasteiger partial charge is 0.489 e. The number of amides is 1. The number of hydrogen-bond donors (Lipinski definition) is 0. The molecule has 2 atom stereocenters. The molecule has 0 unspecified atom stereocenters. The van der Waals surface area contributed by atoms with Gasteiger partial charge in [0, 0.05) is 5.56 Å².